The minimum absolute atomic E-state index is 0.0179. The molecule has 0 saturated heterocycles. The summed E-state index contributed by atoms with van der Waals surface area (Å²) < 4.78 is 22.4. The molecule has 0 aliphatic carbocycles. The van der Waals surface area contributed by atoms with E-state index in [9.17, 15) is 13.2 Å². The predicted octanol–water partition coefficient (Wildman–Crippen LogP) is 0.707. The monoisotopic (exact) mass is 359 g/mol. The summed E-state index contributed by atoms with van der Waals surface area (Å²) in [6.45, 7) is 1.19. The molecule has 1 aliphatic rings. The molecule has 25 heavy (non-hydrogen) atoms. The van der Waals surface area contributed by atoms with Crippen molar-refractivity contribution in [3.05, 3.63) is 65.2 Å². The molecule has 3 rings (SSSR count). The quantitative estimate of drug-likeness (QED) is 0.732. The van der Waals surface area contributed by atoms with Crippen molar-refractivity contribution in [3.63, 3.8) is 0 Å². The van der Waals surface area contributed by atoms with Crippen LogP contribution in [-0.4, -0.2) is 26.9 Å². The average Bonchev–Trinajstić information content (AvgIpc) is 2.61. The Morgan fingerprint density at radius 3 is 2.48 bits per heavy atom. The topological polar surface area (TPSA) is 101 Å². The zero-order chi connectivity index (χ0) is 17.9. The highest BCUT2D eigenvalue weighted by Gasteiger charge is 2.23. The van der Waals surface area contributed by atoms with Gasteiger partial charge in [0.05, 0.1) is 10.9 Å². The molecule has 1 heterocycles. The van der Waals surface area contributed by atoms with Crippen LogP contribution >= 0.6 is 0 Å². The number of nitrogens with two attached hydrogens (primary N) is 1. The Morgan fingerprint density at radius 1 is 1.12 bits per heavy atom. The second-order valence-corrected chi connectivity index (χ2v) is 7.70. The number of rotatable bonds is 5. The van der Waals surface area contributed by atoms with Crippen LogP contribution in [0.25, 0.3) is 0 Å². The molecular formula is C18H21N3O3S. The third kappa shape index (κ3) is 4.45. The molecule has 4 N–H and O–H groups in total. The van der Waals surface area contributed by atoms with E-state index in [1.165, 1.54) is 23.3 Å². The van der Waals surface area contributed by atoms with Crippen LogP contribution in [0, 0.1) is 0 Å². The second kappa shape index (κ2) is 7.35. The zero-order valence-corrected chi connectivity index (χ0v) is 14.6. The van der Waals surface area contributed by atoms with Crippen molar-refractivity contribution in [2.24, 2.45) is 5.14 Å². The van der Waals surface area contributed by atoms with Crippen LogP contribution in [0.1, 0.15) is 16.7 Å². The molecule has 0 spiro atoms. The van der Waals surface area contributed by atoms with E-state index < -0.39 is 10.0 Å². The van der Waals surface area contributed by atoms with Crippen molar-refractivity contribution < 1.29 is 13.2 Å². The maximum absolute atomic E-state index is 12.3. The van der Waals surface area contributed by atoms with Gasteiger partial charge in [0.2, 0.25) is 15.9 Å². The average molecular weight is 359 g/mol. The van der Waals surface area contributed by atoms with Crippen LogP contribution in [0.15, 0.2) is 53.4 Å². The van der Waals surface area contributed by atoms with Gasteiger partial charge in [-0.3, -0.25) is 4.79 Å². The van der Waals surface area contributed by atoms with Crippen molar-refractivity contribution in [2.75, 3.05) is 6.54 Å². The van der Waals surface area contributed by atoms with Crippen molar-refractivity contribution in [1.82, 2.24) is 10.6 Å². The number of hydrogen-bond acceptors (Lipinski definition) is 4. The highest BCUT2D eigenvalue weighted by molar-refractivity contribution is 7.89. The Balaban J connectivity index is 1.50. The molecule has 2 aromatic carbocycles. The van der Waals surface area contributed by atoms with Gasteiger partial charge in [-0.05, 0) is 41.7 Å². The number of benzene rings is 2. The summed E-state index contributed by atoms with van der Waals surface area (Å²) in [5.41, 5.74) is 3.39. The van der Waals surface area contributed by atoms with Gasteiger partial charge >= 0.3 is 0 Å². The fourth-order valence-electron chi connectivity index (χ4n) is 2.94. The number of nitrogens with one attached hydrogen (secondary N) is 2. The van der Waals surface area contributed by atoms with Gasteiger partial charge in [0.15, 0.2) is 0 Å². The third-order valence-electron chi connectivity index (χ3n) is 4.36. The van der Waals surface area contributed by atoms with Gasteiger partial charge in [-0.15, -0.1) is 0 Å². The molecule has 1 aliphatic heterocycles. The summed E-state index contributed by atoms with van der Waals surface area (Å²) in [6, 6.07) is 14.3. The lowest BCUT2D eigenvalue weighted by Crippen LogP contribution is -2.48. The first kappa shape index (κ1) is 17.6. The predicted molar refractivity (Wildman–Crippen MR) is 95.3 cm³/mol. The molecule has 132 valence electrons. The van der Waals surface area contributed by atoms with Crippen LogP contribution in [0.2, 0.25) is 0 Å². The van der Waals surface area contributed by atoms with Crippen molar-refractivity contribution >= 4 is 15.9 Å². The van der Waals surface area contributed by atoms with Crippen LogP contribution in [-0.2, 0) is 34.2 Å². The lowest BCUT2D eigenvalue weighted by atomic mass is 9.95. The Hall–Kier alpha value is -2.22. The lowest BCUT2D eigenvalue weighted by Gasteiger charge is -2.25. The molecule has 7 heteroatoms. The maximum atomic E-state index is 12.3. The first-order chi connectivity index (χ1) is 11.9. The van der Waals surface area contributed by atoms with E-state index in [0.717, 1.165) is 5.56 Å². The molecular weight excluding hydrogens is 338 g/mol. The molecule has 2 aromatic rings. The van der Waals surface area contributed by atoms with Crippen LogP contribution < -0.4 is 15.8 Å². The minimum Gasteiger partial charge on any atom is -0.354 e. The van der Waals surface area contributed by atoms with Gasteiger partial charge in [-0.1, -0.05) is 36.4 Å². The van der Waals surface area contributed by atoms with Gasteiger partial charge in [-0.2, -0.15) is 0 Å². The highest BCUT2D eigenvalue weighted by atomic mass is 32.2. The lowest BCUT2D eigenvalue weighted by molar-refractivity contribution is -0.123. The molecule has 0 fully saturated rings. The molecule has 0 saturated carbocycles. The summed E-state index contributed by atoms with van der Waals surface area (Å²) in [7, 11) is -3.67. The van der Waals surface area contributed by atoms with Gasteiger partial charge in [-0.25, -0.2) is 13.6 Å². The normalized spacial score (nSPS) is 16.9. The summed E-state index contributed by atoms with van der Waals surface area (Å²) in [5.74, 6) is -0.0179. The van der Waals surface area contributed by atoms with Crippen LogP contribution in [0.5, 0.6) is 0 Å². The van der Waals surface area contributed by atoms with E-state index in [1.807, 2.05) is 12.1 Å². The summed E-state index contributed by atoms with van der Waals surface area (Å²) in [4.78, 5) is 12.4. The fourth-order valence-corrected chi connectivity index (χ4v) is 3.45. The first-order valence-electron chi connectivity index (χ1n) is 8.13. The number of sulfonamides is 1. The third-order valence-corrected chi connectivity index (χ3v) is 5.29. The van der Waals surface area contributed by atoms with Crippen molar-refractivity contribution in [2.45, 2.75) is 30.3 Å². The fraction of sp³-hybridized carbons (Fsp3) is 0.278. The SMILES string of the molecule is NS(=O)(=O)c1ccc(CCNC(=O)C2Cc3ccccc3CN2)cc1. The molecule has 0 bridgehead atoms. The number of carbonyl (C=O) groups excluding carboxylic acids is 1. The van der Waals surface area contributed by atoms with Crippen molar-refractivity contribution in [3.8, 4) is 0 Å². The Morgan fingerprint density at radius 2 is 1.80 bits per heavy atom. The van der Waals surface area contributed by atoms with Crippen LogP contribution in [0.4, 0.5) is 0 Å². The Bertz CT molecular complexity index is 863. The largest absolute Gasteiger partial charge is 0.354 e. The van der Waals surface area contributed by atoms with Crippen molar-refractivity contribution in [1.29, 1.82) is 0 Å². The summed E-state index contributed by atoms with van der Waals surface area (Å²) >= 11 is 0. The van der Waals surface area contributed by atoms with E-state index in [1.54, 1.807) is 12.1 Å². The number of amides is 1. The summed E-state index contributed by atoms with van der Waals surface area (Å²) in [5, 5.41) is 11.3. The Kier molecular flexibility index (Phi) is 5.17. The number of carbonyl (C=O) groups is 1. The minimum atomic E-state index is -3.67. The molecule has 1 atom stereocenters. The first-order valence-corrected chi connectivity index (χ1v) is 9.68. The van der Waals surface area contributed by atoms with Gasteiger partial charge in [0.1, 0.15) is 0 Å². The number of hydrogen-bond donors (Lipinski definition) is 3. The molecule has 0 radical (unpaired) electrons. The smallest absolute Gasteiger partial charge is 0.238 e. The Labute approximate surface area is 147 Å². The summed E-state index contributed by atoms with van der Waals surface area (Å²) in [6.07, 6.45) is 1.31. The molecule has 1 amide bonds. The van der Waals surface area contributed by atoms with Gasteiger partial charge < -0.3 is 10.6 Å². The number of fused-ring (bicyclic) bond motifs is 1. The van der Waals surface area contributed by atoms with E-state index in [4.69, 9.17) is 5.14 Å². The maximum Gasteiger partial charge on any atom is 0.238 e. The molecule has 1 unspecified atom stereocenters. The van der Waals surface area contributed by atoms with Gasteiger partial charge in [0.25, 0.3) is 0 Å². The molecule has 6 nitrogen and oxygen atoms in total. The van der Waals surface area contributed by atoms with Crippen LogP contribution in [0.3, 0.4) is 0 Å². The molecule has 0 aromatic heterocycles. The standard InChI is InChI=1S/C18H21N3O3S/c19-25(23,24)16-7-5-13(6-8-16)9-10-20-18(22)17-11-14-3-1-2-4-15(14)12-21-17/h1-8,17,21H,9-12H2,(H,20,22)(H2,19,23,24). The van der Waals surface area contributed by atoms with E-state index >= 15 is 0 Å². The van der Waals surface area contributed by atoms with E-state index in [-0.39, 0.29) is 16.8 Å². The van der Waals surface area contributed by atoms with E-state index in [2.05, 4.69) is 22.8 Å². The van der Waals surface area contributed by atoms with E-state index in [0.29, 0.717) is 25.9 Å². The van der Waals surface area contributed by atoms with Gasteiger partial charge in [0, 0.05) is 13.1 Å². The number of primary sulfonamides is 1. The second-order valence-electron chi connectivity index (χ2n) is 6.14. The highest BCUT2D eigenvalue weighted by Crippen LogP contribution is 2.16. The zero-order valence-electron chi connectivity index (χ0n) is 13.7.